The Labute approximate surface area is 146 Å². The van der Waals surface area contributed by atoms with Crippen molar-refractivity contribution in [3.8, 4) is 5.75 Å². The molecule has 0 radical (unpaired) electrons. The van der Waals surface area contributed by atoms with Gasteiger partial charge >= 0.3 is 0 Å². The summed E-state index contributed by atoms with van der Waals surface area (Å²) in [5.74, 6) is -0.448. The van der Waals surface area contributed by atoms with Gasteiger partial charge in [0, 0.05) is 6.92 Å². The van der Waals surface area contributed by atoms with E-state index in [1.165, 1.54) is 19.1 Å². The number of carbonyl (C=O) groups excluding carboxylic acids is 2. The zero-order valence-electron chi connectivity index (χ0n) is 14.4. The van der Waals surface area contributed by atoms with E-state index >= 15 is 0 Å². The van der Waals surface area contributed by atoms with Crippen LogP contribution in [-0.4, -0.2) is 17.9 Å². The van der Waals surface area contributed by atoms with Gasteiger partial charge in [0.1, 0.15) is 11.6 Å². The molecule has 5 nitrogen and oxygen atoms in total. The Balaban J connectivity index is 2.01. The van der Waals surface area contributed by atoms with Crippen molar-refractivity contribution in [3.63, 3.8) is 0 Å². The minimum absolute atomic E-state index is 0.224. The van der Waals surface area contributed by atoms with E-state index in [-0.39, 0.29) is 23.7 Å². The molecule has 0 saturated heterocycles. The Kier molecular flexibility index (Phi) is 6.11. The monoisotopic (exact) mass is 344 g/mol. The summed E-state index contributed by atoms with van der Waals surface area (Å²) in [6, 6.07) is 12.6. The fourth-order valence-corrected chi connectivity index (χ4v) is 2.27. The largest absolute Gasteiger partial charge is 0.479 e. The van der Waals surface area contributed by atoms with Crippen LogP contribution >= 0.6 is 0 Å². The van der Waals surface area contributed by atoms with Crippen molar-refractivity contribution in [2.75, 3.05) is 5.32 Å². The van der Waals surface area contributed by atoms with E-state index in [4.69, 9.17) is 4.74 Å². The van der Waals surface area contributed by atoms with Gasteiger partial charge in [-0.1, -0.05) is 24.3 Å². The zero-order chi connectivity index (χ0) is 18.4. The van der Waals surface area contributed by atoms with E-state index in [1.54, 1.807) is 43.3 Å². The summed E-state index contributed by atoms with van der Waals surface area (Å²) in [7, 11) is 0. The molecule has 2 amide bonds. The van der Waals surface area contributed by atoms with Crippen LogP contribution in [-0.2, 0) is 9.59 Å². The zero-order valence-corrected chi connectivity index (χ0v) is 14.4. The first kappa shape index (κ1) is 18.4. The molecule has 0 heterocycles. The molecular weight excluding hydrogens is 323 g/mol. The molecule has 2 rings (SSSR count). The number of benzene rings is 2. The van der Waals surface area contributed by atoms with Crippen LogP contribution in [0.4, 0.5) is 10.1 Å². The summed E-state index contributed by atoms with van der Waals surface area (Å²) >= 11 is 0. The molecule has 2 atom stereocenters. The average Bonchev–Trinajstić information content (AvgIpc) is 2.56. The Bertz CT molecular complexity index is 747. The number of rotatable bonds is 6. The van der Waals surface area contributed by atoms with Crippen LogP contribution in [0.25, 0.3) is 0 Å². The van der Waals surface area contributed by atoms with E-state index in [0.717, 1.165) is 5.56 Å². The average molecular weight is 344 g/mol. The van der Waals surface area contributed by atoms with Gasteiger partial charge in [0.2, 0.25) is 5.91 Å². The minimum atomic E-state index is -0.766. The smallest absolute Gasteiger partial charge is 0.261 e. The number of carbonyl (C=O) groups is 2. The van der Waals surface area contributed by atoms with Gasteiger partial charge in [0.25, 0.3) is 5.91 Å². The van der Waals surface area contributed by atoms with Crippen LogP contribution in [0.1, 0.15) is 32.4 Å². The van der Waals surface area contributed by atoms with Crippen molar-refractivity contribution in [1.29, 1.82) is 0 Å². The molecule has 2 aromatic carbocycles. The van der Waals surface area contributed by atoms with Crippen LogP contribution < -0.4 is 15.4 Å². The number of anilines is 1. The Morgan fingerprint density at radius 1 is 1.04 bits per heavy atom. The lowest BCUT2D eigenvalue weighted by Crippen LogP contribution is -2.37. The fraction of sp³-hybridized carbons (Fsp3) is 0.263. The van der Waals surface area contributed by atoms with Crippen molar-refractivity contribution in [3.05, 3.63) is 59.9 Å². The summed E-state index contributed by atoms with van der Waals surface area (Å²) in [4.78, 5) is 23.6. The molecule has 0 aliphatic rings. The number of hydrogen-bond donors (Lipinski definition) is 2. The van der Waals surface area contributed by atoms with Crippen molar-refractivity contribution in [2.24, 2.45) is 0 Å². The lowest BCUT2D eigenvalue weighted by Gasteiger charge is -2.20. The molecule has 0 fully saturated rings. The number of ether oxygens (including phenoxy) is 1. The molecule has 0 aliphatic carbocycles. The molecule has 0 aromatic heterocycles. The maximum absolute atomic E-state index is 13.0. The van der Waals surface area contributed by atoms with E-state index in [0.29, 0.717) is 11.4 Å². The first-order valence-electron chi connectivity index (χ1n) is 7.96. The Morgan fingerprint density at radius 3 is 2.32 bits per heavy atom. The molecule has 0 saturated carbocycles. The SMILES string of the molecule is CC(=O)Nc1ccccc1O[C@H](C)C(=O)N[C@@H](C)c1ccc(F)cc1. The molecule has 2 N–H and O–H groups in total. The summed E-state index contributed by atoms with van der Waals surface area (Å²) < 4.78 is 18.7. The third-order valence-corrected chi connectivity index (χ3v) is 3.60. The number of amides is 2. The van der Waals surface area contributed by atoms with Crippen LogP contribution in [0.5, 0.6) is 5.75 Å². The van der Waals surface area contributed by atoms with E-state index in [2.05, 4.69) is 10.6 Å². The van der Waals surface area contributed by atoms with E-state index < -0.39 is 6.10 Å². The third-order valence-electron chi connectivity index (χ3n) is 3.60. The summed E-state index contributed by atoms with van der Waals surface area (Å²) in [5, 5.41) is 5.48. The van der Waals surface area contributed by atoms with Crippen LogP contribution in [0, 0.1) is 5.82 Å². The van der Waals surface area contributed by atoms with Crippen molar-refractivity contribution in [2.45, 2.75) is 32.9 Å². The second kappa shape index (κ2) is 8.28. The molecule has 0 bridgehead atoms. The molecule has 0 unspecified atom stereocenters. The molecular formula is C19H21FN2O3. The number of hydrogen-bond acceptors (Lipinski definition) is 3. The highest BCUT2D eigenvalue weighted by molar-refractivity contribution is 5.90. The third kappa shape index (κ3) is 5.31. The number of para-hydroxylation sites is 2. The highest BCUT2D eigenvalue weighted by Gasteiger charge is 2.19. The molecule has 6 heteroatoms. The summed E-state index contributed by atoms with van der Waals surface area (Å²) in [6.07, 6.45) is -0.766. The van der Waals surface area contributed by atoms with E-state index in [9.17, 15) is 14.0 Å². The van der Waals surface area contributed by atoms with E-state index in [1.807, 2.05) is 6.92 Å². The molecule has 25 heavy (non-hydrogen) atoms. The summed E-state index contributed by atoms with van der Waals surface area (Å²) in [5.41, 5.74) is 1.29. The maximum atomic E-state index is 13.0. The molecule has 2 aromatic rings. The van der Waals surface area contributed by atoms with Gasteiger partial charge < -0.3 is 15.4 Å². The second-order valence-electron chi connectivity index (χ2n) is 5.72. The van der Waals surface area contributed by atoms with Gasteiger partial charge in [-0.15, -0.1) is 0 Å². The standard InChI is InChI=1S/C19H21FN2O3/c1-12(15-8-10-16(20)11-9-15)21-19(24)13(2)25-18-7-5-4-6-17(18)22-14(3)23/h4-13H,1-3H3,(H,21,24)(H,22,23)/t12-,13+/m0/s1. The van der Waals surface area contributed by atoms with Gasteiger partial charge in [-0.2, -0.15) is 0 Å². The second-order valence-corrected chi connectivity index (χ2v) is 5.72. The van der Waals surface area contributed by atoms with Crippen molar-refractivity contribution >= 4 is 17.5 Å². The van der Waals surface area contributed by atoms with Crippen LogP contribution in [0.3, 0.4) is 0 Å². The van der Waals surface area contributed by atoms with Crippen molar-refractivity contribution in [1.82, 2.24) is 5.32 Å². The quantitative estimate of drug-likeness (QED) is 0.844. The minimum Gasteiger partial charge on any atom is -0.479 e. The fourth-order valence-electron chi connectivity index (χ4n) is 2.27. The topological polar surface area (TPSA) is 67.4 Å². The lowest BCUT2D eigenvalue weighted by molar-refractivity contribution is -0.127. The first-order valence-corrected chi connectivity index (χ1v) is 7.96. The van der Waals surface area contributed by atoms with Gasteiger partial charge in [-0.05, 0) is 43.7 Å². The molecule has 0 spiro atoms. The predicted molar refractivity (Wildman–Crippen MR) is 93.8 cm³/mol. The summed E-state index contributed by atoms with van der Waals surface area (Å²) in [6.45, 7) is 4.83. The van der Waals surface area contributed by atoms with Crippen LogP contribution in [0.2, 0.25) is 0 Å². The molecule has 132 valence electrons. The highest BCUT2D eigenvalue weighted by atomic mass is 19.1. The van der Waals surface area contributed by atoms with Gasteiger partial charge in [-0.3, -0.25) is 9.59 Å². The highest BCUT2D eigenvalue weighted by Crippen LogP contribution is 2.25. The predicted octanol–water partition coefficient (Wildman–Crippen LogP) is 3.43. The normalized spacial score (nSPS) is 12.8. The first-order chi connectivity index (χ1) is 11.9. The van der Waals surface area contributed by atoms with Crippen LogP contribution in [0.15, 0.2) is 48.5 Å². The Hall–Kier alpha value is -2.89. The van der Waals surface area contributed by atoms with Gasteiger partial charge in [-0.25, -0.2) is 4.39 Å². The Morgan fingerprint density at radius 2 is 1.68 bits per heavy atom. The number of nitrogens with one attached hydrogen (secondary N) is 2. The van der Waals surface area contributed by atoms with Gasteiger partial charge in [0.15, 0.2) is 6.10 Å². The molecule has 0 aliphatic heterocycles. The number of halogens is 1. The lowest BCUT2D eigenvalue weighted by atomic mass is 10.1. The maximum Gasteiger partial charge on any atom is 0.261 e. The van der Waals surface area contributed by atoms with Gasteiger partial charge in [0.05, 0.1) is 11.7 Å². The van der Waals surface area contributed by atoms with Crippen molar-refractivity contribution < 1.29 is 18.7 Å².